The van der Waals surface area contributed by atoms with Gasteiger partial charge >= 0.3 is 0 Å². The number of fused-ring (bicyclic) bond motifs is 10. The van der Waals surface area contributed by atoms with Crippen molar-refractivity contribution in [2.24, 2.45) is 0 Å². The Hall–Kier alpha value is -6.98. The zero-order valence-electron chi connectivity index (χ0n) is 27.6. The fourth-order valence-electron chi connectivity index (χ4n) is 8.32. The van der Waals surface area contributed by atoms with Gasteiger partial charge in [0.25, 0.3) is 0 Å². The third-order valence-electron chi connectivity index (χ3n) is 10.6. The molecule has 5 nitrogen and oxygen atoms in total. The molecule has 11 aromatic rings. The summed E-state index contributed by atoms with van der Waals surface area (Å²) in [6.07, 6.45) is 4.32. The van der Waals surface area contributed by atoms with Crippen LogP contribution in [0.4, 0.5) is 0 Å². The van der Waals surface area contributed by atoms with Crippen molar-refractivity contribution in [3.8, 4) is 28.2 Å². The van der Waals surface area contributed by atoms with Gasteiger partial charge in [-0.15, -0.1) is 0 Å². The third-order valence-corrected chi connectivity index (χ3v) is 10.6. The summed E-state index contributed by atoms with van der Waals surface area (Å²) in [6, 6.07) is 58.7. The Morgan fingerprint density at radius 2 is 0.784 bits per heavy atom. The lowest BCUT2D eigenvalue weighted by Crippen LogP contribution is -2.07. The molecule has 5 heteroatoms. The van der Waals surface area contributed by atoms with Gasteiger partial charge in [-0.1, -0.05) is 78.9 Å². The normalized spacial score (nSPS) is 12.0. The van der Waals surface area contributed by atoms with Gasteiger partial charge in [-0.05, 0) is 96.1 Å². The SMILES string of the molecule is Nn1c2ccc(-c3ccc4c(c3)c3ccc5c(ccn5-c5ccccc5)c3n4-c3ccccc3)cc2c2ccc3c(ccn3-c3ccccc3)c21. The number of nitrogen functional groups attached to an aromatic ring is 1. The minimum Gasteiger partial charge on any atom is -0.339 e. The van der Waals surface area contributed by atoms with Gasteiger partial charge in [0.2, 0.25) is 0 Å². The van der Waals surface area contributed by atoms with Crippen molar-refractivity contribution in [1.29, 1.82) is 0 Å². The van der Waals surface area contributed by atoms with Crippen molar-refractivity contribution < 1.29 is 0 Å². The molecule has 0 atom stereocenters. The predicted molar refractivity (Wildman–Crippen MR) is 213 cm³/mol. The van der Waals surface area contributed by atoms with Crippen LogP contribution in [-0.2, 0) is 0 Å². The molecule has 0 spiro atoms. The molecule has 0 amide bonds. The molecule has 51 heavy (non-hydrogen) atoms. The quantitative estimate of drug-likeness (QED) is 0.189. The van der Waals surface area contributed by atoms with E-state index in [0.717, 1.165) is 55.3 Å². The van der Waals surface area contributed by atoms with Crippen LogP contribution < -0.4 is 5.84 Å². The maximum Gasteiger partial charge on any atom is 0.0797 e. The van der Waals surface area contributed by atoms with Gasteiger partial charge in [0.15, 0.2) is 0 Å². The average molecular weight is 654 g/mol. The van der Waals surface area contributed by atoms with E-state index in [9.17, 15) is 0 Å². The molecule has 0 aliphatic heterocycles. The van der Waals surface area contributed by atoms with Gasteiger partial charge in [0, 0.05) is 61.8 Å². The molecule has 0 bridgehead atoms. The number of benzene rings is 7. The Labute approximate surface area is 293 Å². The lowest BCUT2D eigenvalue weighted by atomic mass is 10.00. The van der Waals surface area contributed by atoms with E-state index < -0.39 is 0 Å². The summed E-state index contributed by atoms with van der Waals surface area (Å²) in [6.45, 7) is 0. The highest BCUT2D eigenvalue weighted by molar-refractivity contribution is 6.20. The van der Waals surface area contributed by atoms with Gasteiger partial charge in [-0.2, -0.15) is 0 Å². The first-order valence-corrected chi connectivity index (χ1v) is 17.3. The first kappa shape index (κ1) is 27.9. The van der Waals surface area contributed by atoms with Crippen molar-refractivity contribution in [3.05, 3.63) is 176 Å². The molecule has 0 unspecified atom stereocenters. The van der Waals surface area contributed by atoms with E-state index in [1.165, 1.54) is 38.3 Å². The van der Waals surface area contributed by atoms with E-state index in [4.69, 9.17) is 5.84 Å². The number of hydrogen-bond acceptors (Lipinski definition) is 1. The van der Waals surface area contributed by atoms with E-state index in [1.54, 1.807) is 0 Å². The van der Waals surface area contributed by atoms with Crippen molar-refractivity contribution in [2.45, 2.75) is 0 Å². The Kier molecular flexibility index (Phi) is 5.75. The Morgan fingerprint density at radius 1 is 0.333 bits per heavy atom. The summed E-state index contributed by atoms with van der Waals surface area (Å²) in [5, 5.41) is 7.13. The average Bonchev–Trinajstić information content (AvgIpc) is 3.96. The van der Waals surface area contributed by atoms with Gasteiger partial charge in [-0.25, -0.2) is 0 Å². The number of rotatable bonds is 4. The van der Waals surface area contributed by atoms with E-state index >= 15 is 0 Å². The Balaban J connectivity index is 1.11. The van der Waals surface area contributed by atoms with Crippen LogP contribution in [0.2, 0.25) is 0 Å². The molecule has 240 valence electrons. The maximum absolute atomic E-state index is 6.86. The summed E-state index contributed by atoms with van der Waals surface area (Å²) in [7, 11) is 0. The maximum atomic E-state index is 6.86. The molecular formula is C46H31N5. The van der Waals surface area contributed by atoms with Crippen LogP contribution in [0.25, 0.3) is 93.6 Å². The van der Waals surface area contributed by atoms with Crippen molar-refractivity contribution in [1.82, 2.24) is 18.4 Å². The highest BCUT2D eigenvalue weighted by Crippen LogP contribution is 2.41. The van der Waals surface area contributed by atoms with Gasteiger partial charge in [0.1, 0.15) is 0 Å². The fraction of sp³-hybridized carbons (Fsp3) is 0. The second kappa shape index (κ2) is 10.5. The van der Waals surface area contributed by atoms with Crippen molar-refractivity contribution in [3.63, 3.8) is 0 Å². The molecule has 0 fully saturated rings. The molecule has 4 heterocycles. The molecular weight excluding hydrogens is 623 g/mol. The first-order valence-electron chi connectivity index (χ1n) is 17.3. The van der Waals surface area contributed by atoms with Crippen LogP contribution >= 0.6 is 0 Å². The van der Waals surface area contributed by atoms with Crippen molar-refractivity contribution >= 4 is 65.4 Å². The third kappa shape index (κ3) is 3.97. The summed E-state index contributed by atoms with van der Waals surface area (Å²) >= 11 is 0. The van der Waals surface area contributed by atoms with Crippen molar-refractivity contribution in [2.75, 3.05) is 5.84 Å². The highest BCUT2D eigenvalue weighted by atomic mass is 15.3. The minimum atomic E-state index is 1.01. The van der Waals surface area contributed by atoms with Gasteiger partial charge < -0.3 is 19.5 Å². The topological polar surface area (TPSA) is 45.7 Å². The van der Waals surface area contributed by atoms with Gasteiger partial charge in [0.05, 0.1) is 33.1 Å². The van der Waals surface area contributed by atoms with Crippen LogP contribution in [0.15, 0.2) is 176 Å². The van der Waals surface area contributed by atoms with E-state index in [0.29, 0.717) is 0 Å². The molecule has 4 aromatic heterocycles. The number of para-hydroxylation sites is 3. The fourth-order valence-corrected chi connectivity index (χ4v) is 8.32. The molecule has 0 radical (unpaired) electrons. The molecule has 0 aliphatic rings. The number of nitrogens with zero attached hydrogens (tertiary/aromatic N) is 4. The Bertz CT molecular complexity index is 3120. The molecule has 0 aliphatic carbocycles. The number of nitrogens with two attached hydrogens (primary N) is 1. The van der Waals surface area contributed by atoms with Crippen LogP contribution in [-0.4, -0.2) is 18.4 Å². The first-order chi connectivity index (χ1) is 25.2. The van der Waals surface area contributed by atoms with Crippen LogP contribution in [0, 0.1) is 0 Å². The molecule has 0 saturated heterocycles. The summed E-state index contributed by atoms with van der Waals surface area (Å²) in [4.78, 5) is 0. The predicted octanol–water partition coefficient (Wildman–Crippen LogP) is 11.2. The second-order valence-corrected chi connectivity index (χ2v) is 13.3. The van der Waals surface area contributed by atoms with Crippen LogP contribution in [0.5, 0.6) is 0 Å². The largest absolute Gasteiger partial charge is 0.339 e. The van der Waals surface area contributed by atoms with E-state index in [-0.39, 0.29) is 0 Å². The number of hydrogen-bond donors (Lipinski definition) is 1. The zero-order valence-corrected chi connectivity index (χ0v) is 27.6. The molecule has 11 rings (SSSR count). The standard InChI is InChI=1S/C46H31N5/c47-51-44-21-17-31(29-40(44)36-19-23-42-38(46(36)51)25-27-49(42)33-12-6-2-7-13-33)30-16-20-43-39(28-30)35-18-22-41-37(24-26-48(41)32-10-4-1-5-11-32)45(35)50(43)34-14-8-3-9-15-34/h1-29H,47H2. The Morgan fingerprint density at radius 3 is 1.35 bits per heavy atom. The molecule has 0 saturated carbocycles. The minimum absolute atomic E-state index is 1.01. The second-order valence-electron chi connectivity index (χ2n) is 13.3. The summed E-state index contributed by atoms with van der Waals surface area (Å²) in [5.74, 6) is 6.86. The highest BCUT2D eigenvalue weighted by Gasteiger charge is 2.19. The van der Waals surface area contributed by atoms with E-state index in [1.807, 2.05) is 10.7 Å². The zero-order chi connectivity index (χ0) is 33.6. The van der Waals surface area contributed by atoms with Crippen LogP contribution in [0.3, 0.4) is 0 Å². The molecule has 7 aromatic carbocycles. The number of aromatic nitrogens is 4. The lowest BCUT2D eigenvalue weighted by molar-refractivity contribution is 1.12. The summed E-state index contributed by atoms with van der Waals surface area (Å²) < 4.78 is 8.78. The van der Waals surface area contributed by atoms with Gasteiger partial charge in [-0.3, -0.25) is 4.68 Å². The smallest absolute Gasteiger partial charge is 0.0797 e. The summed E-state index contributed by atoms with van der Waals surface area (Å²) in [5.41, 5.74) is 12.6. The van der Waals surface area contributed by atoms with E-state index in [2.05, 4.69) is 184 Å². The monoisotopic (exact) mass is 653 g/mol. The lowest BCUT2D eigenvalue weighted by Gasteiger charge is -2.10. The molecule has 2 N–H and O–H groups in total. The van der Waals surface area contributed by atoms with Crippen LogP contribution in [0.1, 0.15) is 0 Å².